The smallest absolute Gasteiger partial charge is 0.408 e. The van der Waals surface area contributed by atoms with Crippen molar-refractivity contribution in [3.63, 3.8) is 0 Å². The molecule has 6 fully saturated rings. The Labute approximate surface area is 505 Å². The molecule has 4 saturated carbocycles. The van der Waals surface area contributed by atoms with E-state index in [1.807, 2.05) is 24.3 Å². The molecule has 4 heterocycles. The number of primary sulfonamides is 1. The Morgan fingerprint density at radius 3 is 1.60 bits per heavy atom. The summed E-state index contributed by atoms with van der Waals surface area (Å²) in [7, 11) is -6.68. The van der Waals surface area contributed by atoms with E-state index in [4.69, 9.17) is 14.6 Å². The number of sulfone groups is 1. The normalized spacial score (nSPS) is 31.3. The molecular weight excluding hydrogens is 1130 g/mol. The van der Waals surface area contributed by atoms with Crippen molar-refractivity contribution in [2.75, 3.05) is 18.8 Å². The minimum absolute atomic E-state index is 0.0170. The number of nitrogens with zero attached hydrogens (tertiary/aromatic N) is 2. The monoisotopic (exact) mass is 1230 g/mol. The van der Waals surface area contributed by atoms with Crippen molar-refractivity contribution < 1.29 is 69.8 Å². The molecule has 0 aromatic heterocycles. The van der Waals surface area contributed by atoms with Crippen LogP contribution in [-0.2, 0) is 62.9 Å². The van der Waals surface area contributed by atoms with E-state index in [2.05, 4.69) is 43.6 Å². The highest BCUT2D eigenvalue weighted by molar-refractivity contribution is 7.93. The van der Waals surface area contributed by atoms with Crippen LogP contribution in [-0.4, -0.2) is 149 Å². The van der Waals surface area contributed by atoms with Crippen molar-refractivity contribution >= 4 is 67.3 Å². The molecule has 0 unspecified atom stereocenters. The van der Waals surface area contributed by atoms with Crippen LogP contribution in [0.2, 0.25) is 0 Å². The Bertz CT molecular complexity index is 2730. The summed E-state index contributed by atoms with van der Waals surface area (Å²) in [4.78, 5) is 110. The SMILES string of the molecule is CC(C)C[C@@H]1C[C@H]2C(=O)N[C@]3(C(=O)CS(=O)(=O)C4CC4)C[C@H]3/C=C\CCCCC[C@H](NC(=O)OC(C)(C)C)C(=O)N2C1.CC(C)C[C@@H]1C[C@H]2C(=O)N[C@]3(C(=O)O)C[C@H]3/C=C\CCCCC[C@H](CC(=O)OC(C)(C)C)C(=O)N2C1.NS(=O)(=O)C1CC1. The lowest BCUT2D eigenvalue weighted by molar-refractivity contribution is -0.159. The summed E-state index contributed by atoms with van der Waals surface area (Å²) in [5, 5.41) is 22.5. The third kappa shape index (κ3) is 20.3. The van der Waals surface area contributed by atoms with Gasteiger partial charge in [0.2, 0.25) is 33.7 Å². The van der Waals surface area contributed by atoms with Crippen molar-refractivity contribution in [2.24, 2.45) is 46.6 Å². The van der Waals surface area contributed by atoms with Crippen LogP contribution in [0.25, 0.3) is 0 Å². The summed E-state index contributed by atoms with van der Waals surface area (Å²) in [5.41, 5.74) is -3.94. The van der Waals surface area contributed by atoms with Gasteiger partial charge in [0.1, 0.15) is 46.2 Å². The molecule has 23 heteroatoms. The number of fused-ring (bicyclic) bond motifs is 4. The highest BCUT2D eigenvalue weighted by Gasteiger charge is 2.63. The van der Waals surface area contributed by atoms with Gasteiger partial charge in [0.15, 0.2) is 15.6 Å². The number of carboxylic acid groups (broad SMARTS) is 1. The van der Waals surface area contributed by atoms with Crippen LogP contribution in [0.1, 0.15) is 204 Å². The van der Waals surface area contributed by atoms with Gasteiger partial charge < -0.3 is 40.3 Å². The summed E-state index contributed by atoms with van der Waals surface area (Å²) in [6, 6.07) is -2.39. The summed E-state index contributed by atoms with van der Waals surface area (Å²) < 4.78 is 56.7. The number of Topliss-reactive ketones (excluding diaryl/α,β-unsaturated/α-hetero) is 1. The topological polar surface area (TPSA) is 312 Å². The quantitative estimate of drug-likeness (QED) is 0.0899. The largest absolute Gasteiger partial charge is 0.479 e. The van der Waals surface area contributed by atoms with Gasteiger partial charge >= 0.3 is 18.0 Å². The molecule has 8 rings (SSSR count). The van der Waals surface area contributed by atoms with Crippen LogP contribution in [0.15, 0.2) is 24.3 Å². The number of aliphatic carboxylic acids is 1. The molecule has 4 aliphatic carbocycles. The first kappa shape index (κ1) is 69.2. The molecule has 6 N–H and O–H groups in total. The molecule has 4 aliphatic heterocycles. The minimum Gasteiger partial charge on any atom is -0.479 e. The number of carbonyl (C=O) groups is 8. The van der Waals surface area contributed by atoms with Crippen LogP contribution >= 0.6 is 0 Å². The fraction of sp³-hybridized carbons (Fsp3) is 0.806. The predicted molar refractivity (Wildman–Crippen MR) is 321 cm³/mol. The van der Waals surface area contributed by atoms with Gasteiger partial charge in [0, 0.05) is 30.8 Å². The van der Waals surface area contributed by atoms with Crippen LogP contribution in [0, 0.1) is 41.4 Å². The number of hydrogen-bond acceptors (Lipinski definition) is 14. The highest BCUT2D eigenvalue weighted by atomic mass is 32.2. The predicted octanol–water partition coefficient (Wildman–Crippen LogP) is 7.20. The number of ketones is 1. The maximum atomic E-state index is 14.0. The molecule has 2 saturated heterocycles. The summed E-state index contributed by atoms with van der Waals surface area (Å²) in [5.74, 6) is -3.91. The third-order valence-corrected chi connectivity index (χ3v) is 20.8. The van der Waals surface area contributed by atoms with E-state index in [1.54, 1.807) is 51.3 Å². The number of hydrogen-bond donors (Lipinski definition) is 5. The van der Waals surface area contributed by atoms with Crippen LogP contribution in [0.4, 0.5) is 4.79 Å². The first-order chi connectivity index (χ1) is 39.5. The Hall–Kier alpha value is -4.90. The molecule has 0 bridgehead atoms. The Morgan fingerprint density at radius 1 is 0.671 bits per heavy atom. The van der Waals surface area contributed by atoms with E-state index in [0.29, 0.717) is 82.7 Å². The van der Waals surface area contributed by atoms with Crippen molar-refractivity contribution in [2.45, 2.75) is 255 Å². The molecule has 5 amide bonds. The summed E-state index contributed by atoms with van der Waals surface area (Å²) >= 11 is 0. The minimum atomic E-state index is -3.55. The third-order valence-electron chi connectivity index (χ3n) is 17.2. The number of ether oxygens (including phenoxy) is 2. The average Bonchev–Trinajstić information content (AvgIpc) is 2.11. The molecule has 10 atom stereocenters. The molecule has 85 heavy (non-hydrogen) atoms. The number of carboxylic acids is 1. The lowest BCUT2D eigenvalue weighted by Crippen LogP contribution is -2.57. The number of amides is 5. The van der Waals surface area contributed by atoms with E-state index >= 15 is 0 Å². The van der Waals surface area contributed by atoms with Gasteiger partial charge in [-0.1, -0.05) is 77.7 Å². The Kier molecular flexibility index (Phi) is 23.2. The molecular formula is C62H100N6O15S2. The number of alkyl carbamates (subject to hydrolysis) is 1. The first-order valence-corrected chi connectivity index (χ1v) is 34.7. The number of rotatable bonds is 13. The standard InChI is InChI=1S/C31H49N3O7S.C28H44N2O6.C3H7NO2S/c1-20(2)15-21-16-25-27(36)33-31(26(35)19-42(39,40)23-13-14-23)17-22(31)11-9-7-6-8-10-12-24(28(37)34(25)18-21)32-29(38)41-30(3,4)5;1-18(2)13-19-14-22-24(32)29-28(26(34)35)16-21(28)12-10-8-6-7-9-11-20(25(33)30(22)17-19)15-23(31)36-27(3,4)5;4-7(5,6)3-1-2-3/h9,11,20-25H,6-8,10,12-19H2,1-5H3,(H,32,38)(H,33,36);10,12,18-22H,6-9,11,13-17H2,1-5H3,(H,29,32)(H,34,35);3H,1-2H2,(H2,4,5,6)/b11-9-;12-10-;/t21-,22-,24+,25+,31-;19-,20-,21-,22+,28-;/m11./s1. The summed E-state index contributed by atoms with van der Waals surface area (Å²) in [6.45, 7) is 19.9. The molecule has 480 valence electrons. The second-order valence-electron chi connectivity index (χ2n) is 28.4. The van der Waals surface area contributed by atoms with Crippen molar-refractivity contribution in [1.29, 1.82) is 0 Å². The Morgan fingerprint density at radius 2 is 1.14 bits per heavy atom. The van der Waals surface area contributed by atoms with E-state index < -0.39 is 113 Å². The zero-order valence-corrected chi connectivity index (χ0v) is 53.8. The van der Waals surface area contributed by atoms with Crippen LogP contribution in [0.5, 0.6) is 0 Å². The second kappa shape index (κ2) is 28.5. The molecule has 0 aromatic carbocycles. The number of nitrogens with two attached hydrogens (primary N) is 1. The number of nitrogens with one attached hydrogen (secondary N) is 3. The van der Waals surface area contributed by atoms with E-state index in [-0.39, 0.29) is 47.2 Å². The van der Waals surface area contributed by atoms with E-state index in [1.165, 1.54) is 0 Å². The lowest BCUT2D eigenvalue weighted by atomic mass is 9.94. The van der Waals surface area contributed by atoms with Crippen molar-refractivity contribution in [3.8, 4) is 0 Å². The molecule has 0 radical (unpaired) electrons. The van der Waals surface area contributed by atoms with Gasteiger partial charge in [-0.3, -0.25) is 28.8 Å². The van der Waals surface area contributed by atoms with Gasteiger partial charge in [-0.2, -0.15) is 0 Å². The molecule has 21 nitrogen and oxygen atoms in total. The highest BCUT2D eigenvalue weighted by Crippen LogP contribution is 2.48. The van der Waals surface area contributed by atoms with Crippen LogP contribution < -0.4 is 21.1 Å². The van der Waals surface area contributed by atoms with Gasteiger partial charge in [0.25, 0.3) is 0 Å². The fourth-order valence-corrected chi connectivity index (χ4v) is 15.1. The van der Waals surface area contributed by atoms with Gasteiger partial charge in [-0.25, -0.2) is 31.6 Å². The van der Waals surface area contributed by atoms with Crippen molar-refractivity contribution in [3.05, 3.63) is 24.3 Å². The number of carbonyl (C=O) groups excluding carboxylic acids is 7. The number of sulfonamides is 1. The van der Waals surface area contributed by atoms with Gasteiger partial charge in [-0.05, 0) is 168 Å². The van der Waals surface area contributed by atoms with Gasteiger partial charge in [-0.15, -0.1) is 0 Å². The number of esters is 1. The number of allylic oxidation sites excluding steroid dienone is 2. The lowest BCUT2D eigenvalue weighted by Gasteiger charge is -2.30. The Balaban J connectivity index is 0.000000246. The van der Waals surface area contributed by atoms with Gasteiger partial charge in [0.05, 0.1) is 16.9 Å². The van der Waals surface area contributed by atoms with E-state index in [0.717, 1.165) is 70.6 Å². The second-order valence-corrected chi connectivity index (χ2v) is 32.5. The molecule has 0 aromatic rings. The zero-order valence-electron chi connectivity index (χ0n) is 52.2. The maximum absolute atomic E-state index is 14.0. The van der Waals surface area contributed by atoms with Crippen molar-refractivity contribution in [1.82, 2.24) is 25.8 Å². The zero-order chi connectivity index (χ0) is 63.0. The average molecular weight is 1230 g/mol. The molecule has 8 aliphatic rings. The van der Waals surface area contributed by atoms with E-state index in [9.17, 15) is 60.3 Å². The molecule has 0 spiro atoms. The maximum Gasteiger partial charge on any atom is 0.408 e. The fourth-order valence-electron chi connectivity index (χ4n) is 12.6. The summed E-state index contributed by atoms with van der Waals surface area (Å²) in [6.07, 6.45) is 20.8. The van der Waals surface area contributed by atoms with Crippen LogP contribution in [0.3, 0.4) is 0 Å². The first-order valence-electron chi connectivity index (χ1n) is 31.3.